The average molecular weight is 331 g/mol. The number of aliphatic hydroxyl groups excluding tert-OH is 1. The molecule has 0 aliphatic rings. The van der Waals surface area contributed by atoms with Crippen LogP contribution in [0.4, 0.5) is 0 Å². The van der Waals surface area contributed by atoms with Crippen LogP contribution in [0.25, 0.3) is 10.9 Å². The van der Waals surface area contributed by atoms with Crippen LogP contribution < -0.4 is 0 Å². The molecule has 0 unspecified atom stereocenters. The number of fused-ring (bicyclic) bond motifs is 1. The first kappa shape index (κ1) is 17.6. The number of esters is 1. The lowest BCUT2D eigenvalue weighted by Crippen LogP contribution is -2.13. The van der Waals surface area contributed by atoms with E-state index in [1.54, 1.807) is 26.0 Å². The summed E-state index contributed by atoms with van der Waals surface area (Å²) < 4.78 is 9.98. The molecule has 2 N–H and O–H groups in total. The van der Waals surface area contributed by atoms with Crippen LogP contribution in [-0.4, -0.2) is 34.4 Å². The lowest BCUT2D eigenvalue weighted by atomic mass is 10.1. The molecule has 24 heavy (non-hydrogen) atoms. The zero-order chi connectivity index (χ0) is 17.5. The van der Waals surface area contributed by atoms with E-state index in [0.717, 1.165) is 5.39 Å². The van der Waals surface area contributed by atoms with Crippen molar-refractivity contribution in [2.45, 2.75) is 26.7 Å². The van der Waals surface area contributed by atoms with Crippen molar-refractivity contribution in [1.82, 2.24) is 4.98 Å². The Hall–Kier alpha value is -2.76. The number of hydrogen-bond donors (Lipinski definition) is 2. The predicted octanol–water partition coefficient (Wildman–Crippen LogP) is 3.24. The van der Waals surface area contributed by atoms with Crippen LogP contribution in [-0.2, 0) is 20.7 Å². The second-order valence-corrected chi connectivity index (χ2v) is 5.09. The number of carbonyl (C=O) groups excluding carboxylic acids is 1. The van der Waals surface area contributed by atoms with Crippen molar-refractivity contribution < 1.29 is 24.5 Å². The highest BCUT2D eigenvalue weighted by Crippen LogP contribution is 2.23. The van der Waals surface area contributed by atoms with E-state index < -0.39 is 11.9 Å². The Labute approximate surface area is 140 Å². The summed E-state index contributed by atoms with van der Waals surface area (Å²) in [6, 6.07) is 8.86. The molecule has 6 nitrogen and oxygen atoms in total. The van der Waals surface area contributed by atoms with Crippen LogP contribution in [0.1, 0.15) is 26.0 Å². The first-order valence-corrected chi connectivity index (χ1v) is 7.86. The van der Waals surface area contributed by atoms with E-state index in [4.69, 9.17) is 9.47 Å². The van der Waals surface area contributed by atoms with Gasteiger partial charge in [-0.3, -0.25) is 0 Å². The number of aryl methyl sites for hydroxylation is 1. The summed E-state index contributed by atoms with van der Waals surface area (Å²) in [5, 5.41) is 20.6. The van der Waals surface area contributed by atoms with Crippen molar-refractivity contribution in [3.8, 4) is 5.75 Å². The van der Waals surface area contributed by atoms with Crippen LogP contribution >= 0.6 is 0 Å². The average Bonchev–Trinajstić information content (AvgIpc) is 2.56. The minimum absolute atomic E-state index is 0.0814. The number of para-hydroxylation sites is 1. The van der Waals surface area contributed by atoms with Gasteiger partial charge in [0.05, 0.1) is 13.2 Å². The topological polar surface area (TPSA) is 88.9 Å². The smallest absolute Gasteiger partial charge is 0.341 e. The Morgan fingerprint density at radius 3 is 2.58 bits per heavy atom. The van der Waals surface area contributed by atoms with Gasteiger partial charge >= 0.3 is 5.97 Å². The van der Waals surface area contributed by atoms with Gasteiger partial charge in [-0.15, -0.1) is 0 Å². The normalized spacial score (nSPS) is 11.9. The molecule has 0 aliphatic heterocycles. The van der Waals surface area contributed by atoms with Gasteiger partial charge in [0.15, 0.2) is 0 Å². The first-order chi connectivity index (χ1) is 11.6. The maximum absolute atomic E-state index is 12.0. The SMILES string of the molecule is CCOC(=O)C(CCc1ccc2cccc(O)c2n1)=C(O)OCC. The van der Waals surface area contributed by atoms with E-state index in [-0.39, 0.29) is 31.0 Å². The maximum Gasteiger partial charge on any atom is 0.341 e. The molecule has 0 aliphatic carbocycles. The fraction of sp³-hybridized carbons (Fsp3) is 0.333. The van der Waals surface area contributed by atoms with E-state index in [2.05, 4.69) is 4.98 Å². The van der Waals surface area contributed by atoms with Gasteiger partial charge < -0.3 is 19.7 Å². The number of nitrogens with zero attached hydrogens (tertiary/aromatic N) is 1. The lowest BCUT2D eigenvalue weighted by Gasteiger charge is -2.10. The molecule has 2 rings (SSSR count). The Kier molecular flexibility index (Phi) is 6.01. The highest BCUT2D eigenvalue weighted by molar-refractivity contribution is 5.88. The molecule has 128 valence electrons. The fourth-order valence-electron chi connectivity index (χ4n) is 2.30. The number of phenols is 1. The molecule has 0 radical (unpaired) electrons. The number of aliphatic hydroxyl groups is 1. The third kappa shape index (κ3) is 4.16. The van der Waals surface area contributed by atoms with Gasteiger partial charge in [-0.1, -0.05) is 18.2 Å². The minimum Gasteiger partial charge on any atom is -0.506 e. The Bertz CT molecular complexity index is 754. The van der Waals surface area contributed by atoms with Crippen molar-refractivity contribution in [1.29, 1.82) is 0 Å². The molecule has 0 atom stereocenters. The maximum atomic E-state index is 12.0. The van der Waals surface area contributed by atoms with Crippen molar-refractivity contribution in [3.05, 3.63) is 47.5 Å². The van der Waals surface area contributed by atoms with Gasteiger partial charge in [-0.25, -0.2) is 9.78 Å². The van der Waals surface area contributed by atoms with Gasteiger partial charge in [0.25, 0.3) is 5.95 Å². The molecule has 1 heterocycles. The summed E-state index contributed by atoms with van der Waals surface area (Å²) in [4.78, 5) is 16.4. The van der Waals surface area contributed by atoms with Crippen molar-refractivity contribution >= 4 is 16.9 Å². The van der Waals surface area contributed by atoms with Gasteiger partial charge in [0, 0.05) is 11.1 Å². The van der Waals surface area contributed by atoms with E-state index in [0.29, 0.717) is 17.6 Å². The number of aromatic hydroxyl groups is 1. The molecule has 1 aromatic carbocycles. The highest BCUT2D eigenvalue weighted by atomic mass is 16.6. The predicted molar refractivity (Wildman–Crippen MR) is 89.6 cm³/mol. The molecule has 6 heteroatoms. The Morgan fingerprint density at radius 2 is 1.88 bits per heavy atom. The summed E-state index contributed by atoms with van der Waals surface area (Å²) in [5.41, 5.74) is 1.28. The summed E-state index contributed by atoms with van der Waals surface area (Å²) in [7, 11) is 0. The highest BCUT2D eigenvalue weighted by Gasteiger charge is 2.18. The Morgan fingerprint density at radius 1 is 1.12 bits per heavy atom. The molecule has 0 saturated carbocycles. The number of ether oxygens (including phenoxy) is 2. The monoisotopic (exact) mass is 331 g/mol. The van der Waals surface area contributed by atoms with E-state index in [9.17, 15) is 15.0 Å². The number of carbonyl (C=O) groups is 1. The number of pyridine rings is 1. The minimum atomic E-state index is -0.605. The summed E-state index contributed by atoms with van der Waals surface area (Å²) in [6.07, 6.45) is 0.617. The molecule has 0 fully saturated rings. The van der Waals surface area contributed by atoms with Crippen molar-refractivity contribution in [3.63, 3.8) is 0 Å². The van der Waals surface area contributed by atoms with E-state index >= 15 is 0 Å². The standard InChI is InChI=1S/C18H21NO5/c1-3-23-17(21)14(18(22)24-4-2)11-10-13-9-8-12-6-5-7-15(20)16(12)19-13/h5-9,20-21H,3-4,10-11H2,1-2H3. The third-order valence-corrected chi connectivity index (χ3v) is 3.45. The Balaban J connectivity index is 2.21. The fourth-order valence-corrected chi connectivity index (χ4v) is 2.30. The zero-order valence-electron chi connectivity index (χ0n) is 13.8. The van der Waals surface area contributed by atoms with Crippen LogP contribution in [0.5, 0.6) is 5.75 Å². The van der Waals surface area contributed by atoms with Crippen LogP contribution in [0, 0.1) is 0 Å². The molecule has 1 aromatic heterocycles. The summed E-state index contributed by atoms with van der Waals surface area (Å²) in [6.45, 7) is 3.87. The first-order valence-electron chi connectivity index (χ1n) is 7.86. The summed E-state index contributed by atoms with van der Waals surface area (Å²) in [5.74, 6) is -0.917. The molecular formula is C18H21NO5. The molecule has 0 bridgehead atoms. The number of benzene rings is 1. The largest absolute Gasteiger partial charge is 0.506 e. The second-order valence-electron chi connectivity index (χ2n) is 5.09. The van der Waals surface area contributed by atoms with Gasteiger partial charge in [-0.05, 0) is 38.8 Å². The number of phenolic OH excluding ortho intramolecular Hbond substituents is 1. The lowest BCUT2D eigenvalue weighted by molar-refractivity contribution is -0.139. The second kappa shape index (κ2) is 8.19. The molecule has 0 saturated heterocycles. The van der Waals surface area contributed by atoms with Gasteiger partial charge in [0.1, 0.15) is 16.8 Å². The van der Waals surface area contributed by atoms with Gasteiger partial charge in [0.2, 0.25) is 0 Å². The molecule has 0 amide bonds. The van der Waals surface area contributed by atoms with Crippen molar-refractivity contribution in [2.75, 3.05) is 13.2 Å². The van der Waals surface area contributed by atoms with E-state index in [1.165, 1.54) is 0 Å². The van der Waals surface area contributed by atoms with E-state index in [1.807, 2.05) is 18.2 Å². The van der Waals surface area contributed by atoms with Crippen LogP contribution in [0.3, 0.4) is 0 Å². The van der Waals surface area contributed by atoms with Crippen LogP contribution in [0.15, 0.2) is 41.9 Å². The molecule has 0 spiro atoms. The van der Waals surface area contributed by atoms with Gasteiger partial charge in [-0.2, -0.15) is 0 Å². The van der Waals surface area contributed by atoms with Crippen molar-refractivity contribution in [2.24, 2.45) is 0 Å². The third-order valence-electron chi connectivity index (χ3n) is 3.45. The quantitative estimate of drug-likeness (QED) is 0.460. The zero-order valence-corrected chi connectivity index (χ0v) is 13.8. The molecular weight excluding hydrogens is 310 g/mol. The molecule has 2 aromatic rings. The summed E-state index contributed by atoms with van der Waals surface area (Å²) >= 11 is 0. The number of hydrogen-bond acceptors (Lipinski definition) is 6. The number of rotatable bonds is 7. The number of aromatic nitrogens is 1. The van der Waals surface area contributed by atoms with Crippen LogP contribution in [0.2, 0.25) is 0 Å².